The molecule has 1 aromatic carbocycles. The van der Waals surface area contributed by atoms with Crippen LogP contribution in [0.4, 0.5) is 0 Å². The van der Waals surface area contributed by atoms with Crippen LogP contribution in [0.2, 0.25) is 5.15 Å². The van der Waals surface area contributed by atoms with Gasteiger partial charge in [-0.2, -0.15) is 5.10 Å². The maximum absolute atomic E-state index is 6.32. The molecule has 0 saturated heterocycles. The molecule has 1 atom stereocenters. The maximum Gasteiger partial charge on any atom is 0.161 e. The van der Waals surface area contributed by atoms with Crippen molar-refractivity contribution in [2.45, 2.75) is 19.4 Å². The van der Waals surface area contributed by atoms with Gasteiger partial charge < -0.3 is 15.2 Å². The largest absolute Gasteiger partial charge is 0.486 e. The third-order valence-corrected chi connectivity index (χ3v) is 4.16. The van der Waals surface area contributed by atoms with E-state index in [1.54, 1.807) is 4.68 Å². The van der Waals surface area contributed by atoms with Crippen LogP contribution >= 0.6 is 11.6 Å². The molecule has 0 aliphatic carbocycles. The molecule has 21 heavy (non-hydrogen) atoms. The molecule has 0 saturated carbocycles. The van der Waals surface area contributed by atoms with E-state index < -0.39 is 0 Å². The smallest absolute Gasteiger partial charge is 0.161 e. The van der Waals surface area contributed by atoms with Gasteiger partial charge in [0.1, 0.15) is 18.4 Å². The normalized spacial score (nSPS) is 15.0. The topological polar surface area (TPSA) is 62.3 Å². The average molecular weight is 308 g/mol. The van der Waals surface area contributed by atoms with Crippen molar-refractivity contribution in [2.75, 3.05) is 13.2 Å². The number of ether oxygens (including phenoxy) is 2. The number of nitrogens with two attached hydrogens (primary N) is 1. The quantitative estimate of drug-likeness (QED) is 0.946. The number of aryl methyl sites for hydroxylation is 2. The summed E-state index contributed by atoms with van der Waals surface area (Å²) in [6, 6.07) is 5.65. The monoisotopic (exact) mass is 307 g/mol. The molecule has 3 rings (SSSR count). The van der Waals surface area contributed by atoms with Gasteiger partial charge in [0.25, 0.3) is 0 Å². The minimum Gasteiger partial charge on any atom is -0.486 e. The summed E-state index contributed by atoms with van der Waals surface area (Å²) < 4.78 is 12.8. The highest BCUT2D eigenvalue weighted by molar-refractivity contribution is 6.30. The van der Waals surface area contributed by atoms with Gasteiger partial charge in [0.05, 0.1) is 5.69 Å². The zero-order valence-electron chi connectivity index (χ0n) is 12.1. The molecule has 1 aliphatic rings. The number of hydrogen-bond donors (Lipinski definition) is 1. The Labute approximate surface area is 128 Å². The maximum atomic E-state index is 6.32. The van der Waals surface area contributed by atoms with Crippen LogP contribution in [-0.4, -0.2) is 23.0 Å². The lowest BCUT2D eigenvalue weighted by Crippen LogP contribution is -2.17. The SMILES string of the molecule is Cc1nn(C)c(Cl)c1CC(N)c1ccc2c(c1)OCCO2. The van der Waals surface area contributed by atoms with E-state index in [-0.39, 0.29) is 6.04 Å². The number of benzene rings is 1. The standard InChI is InChI=1S/C15H18ClN3O2/c1-9-11(15(16)19(2)18-9)8-12(17)10-3-4-13-14(7-10)21-6-5-20-13/h3-4,7,12H,5-6,8,17H2,1-2H3. The Morgan fingerprint density at radius 3 is 2.71 bits per heavy atom. The van der Waals surface area contributed by atoms with Crippen LogP contribution in [0, 0.1) is 6.92 Å². The van der Waals surface area contributed by atoms with E-state index in [1.165, 1.54) is 0 Å². The van der Waals surface area contributed by atoms with Crippen LogP contribution < -0.4 is 15.2 Å². The summed E-state index contributed by atoms with van der Waals surface area (Å²) >= 11 is 6.26. The first kappa shape index (κ1) is 14.2. The van der Waals surface area contributed by atoms with Gasteiger partial charge in [0.15, 0.2) is 11.5 Å². The number of nitrogens with zero attached hydrogens (tertiary/aromatic N) is 2. The van der Waals surface area contributed by atoms with E-state index in [4.69, 9.17) is 26.8 Å². The summed E-state index contributed by atoms with van der Waals surface area (Å²) in [6.07, 6.45) is 0.637. The third kappa shape index (κ3) is 2.71. The Morgan fingerprint density at radius 1 is 1.33 bits per heavy atom. The van der Waals surface area contributed by atoms with Crippen LogP contribution in [0.15, 0.2) is 18.2 Å². The van der Waals surface area contributed by atoms with Crippen molar-refractivity contribution in [1.29, 1.82) is 0 Å². The van der Waals surface area contributed by atoms with Crippen molar-refractivity contribution in [3.63, 3.8) is 0 Å². The average Bonchev–Trinajstić information content (AvgIpc) is 2.73. The molecule has 0 radical (unpaired) electrons. The van der Waals surface area contributed by atoms with Gasteiger partial charge in [-0.15, -0.1) is 0 Å². The number of halogens is 1. The number of hydrogen-bond acceptors (Lipinski definition) is 4. The second-order valence-electron chi connectivity index (χ2n) is 5.19. The molecule has 2 N–H and O–H groups in total. The van der Waals surface area contributed by atoms with Crippen LogP contribution in [0.5, 0.6) is 11.5 Å². The minimum atomic E-state index is -0.166. The number of fused-ring (bicyclic) bond motifs is 1. The van der Waals surface area contributed by atoms with E-state index in [0.717, 1.165) is 28.3 Å². The highest BCUT2D eigenvalue weighted by Crippen LogP contribution is 2.33. The molecule has 2 heterocycles. The summed E-state index contributed by atoms with van der Waals surface area (Å²) in [5.74, 6) is 1.52. The second-order valence-corrected chi connectivity index (χ2v) is 5.55. The highest BCUT2D eigenvalue weighted by atomic mass is 35.5. The van der Waals surface area contributed by atoms with Gasteiger partial charge in [-0.3, -0.25) is 4.68 Å². The van der Waals surface area contributed by atoms with Crippen LogP contribution in [0.3, 0.4) is 0 Å². The summed E-state index contributed by atoms with van der Waals surface area (Å²) in [5, 5.41) is 4.95. The first-order valence-corrected chi connectivity index (χ1v) is 7.27. The van der Waals surface area contributed by atoms with E-state index in [1.807, 2.05) is 32.2 Å². The molecule has 5 nitrogen and oxygen atoms in total. The molecule has 0 bridgehead atoms. The Hall–Kier alpha value is -1.72. The van der Waals surface area contributed by atoms with Gasteiger partial charge in [0, 0.05) is 18.7 Å². The third-order valence-electron chi connectivity index (χ3n) is 3.69. The van der Waals surface area contributed by atoms with E-state index in [0.29, 0.717) is 24.8 Å². The van der Waals surface area contributed by atoms with Crippen molar-refractivity contribution < 1.29 is 9.47 Å². The molecule has 0 amide bonds. The molecule has 1 aromatic heterocycles. The zero-order chi connectivity index (χ0) is 15.0. The van der Waals surface area contributed by atoms with E-state index in [2.05, 4.69) is 5.10 Å². The molecule has 6 heteroatoms. The van der Waals surface area contributed by atoms with Gasteiger partial charge in [-0.1, -0.05) is 17.7 Å². The predicted molar refractivity (Wildman–Crippen MR) is 81.0 cm³/mol. The first-order chi connectivity index (χ1) is 10.1. The first-order valence-electron chi connectivity index (χ1n) is 6.89. The van der Waals surface area contributed by atoms with Crippen molar-refractivity contribution in [3.8, 4) is 11.5 Å². The lowest BCUT2D eigenvalue weighted by molar-refractivity contribution is 0.171. The molecule has 2 aromatic rings. The van der Waals surface area contributed by atoms with Crippen molar-refractivity contribution in [2.24, 2.45) is 12.8 Å². The van der Waals surface area contributed by atoms with E-state index >= 15 is 0 Å². The van der Waals surface area contributed by atoms with Crippen LogP contribution in [0.25, 0.3) is 0 Å². The lowest BCUT2D eigenvalue weighted by Gasteiger charge is -2.20. The second kappa shape index (κ2) is 5.58. The number of aromatic nitrogens is 2. The van der Waals surface area contributed by atoms with Gasteiger partial charge in [-0.25, -0.2) is 0 Å². The Bertz CT molecular complexity index is 669. The fourth-order valence-corrected chi connectivity index (χ4v) is 2.79. The molecule has 1 aliphatic heterocycles. The highest BCUT2D eigenvalue weighted by Gasteiger charge is 2.18. The minimum absolute atomic E-state index is 0.166. The van der Waals surface area contributed by atoms with Gasteiger partial charge >= 0.3 is 0 Å². The van der Waals surface area contributed by atoms with Crippen molar-refractivity contribution in [1.82, 2.24) is 9.78 Å². The van der Waals surface area contributed by atoms with Crippen molar-refractivity contribution >= 4 is 11.6 Å². The molecule has 0 spiro atoms. The number of rotatable bonds is 3. The van der Waals surface area contributed by atoms with Crippen LogP contribution in [-0.2, 0) is 13.5 Å². The summed E-state index contributed by atoms with van der Waals surface area (Å²) in [5.41, 5.74) is 9.21. The Balaban J connectivity index is 1.83. The van der Waals surface area contributed by atoms with E-state index in [9.17, 15) is 0 Å². The van der Waals surface area contributed by atoms with Gasteiger partial charge in [-0.05, 0) is 31.0 Å². The molecule has 112 valence electrons. The summed E-state index contributed by atoms with van der Waals surface area (Å²) in [4.78, 5) is 0. The Kier molecular flexibility index (Phi) is 3.78. The lowest BCUT2D eigenvalue weighted by atomic mass is 9.99. The van der Waals surface area contributed by atoms with Gasteiger partial charge in [0.2, 0.25) is 0 Å². The fourth-order valence-electron chi connectivity index (χ4n) is 2.53. The molecular weight excluding hydrogens is 290 g/mol. The molecule has 0 fully saturated rings. The molecule has 1 unspecified atom stereocenters. The predicted octanol–water partition coefficient (Wildman–Crippen LogP) is 2.40. The summed E-state index contributed by atoms with van der Waals surface area (Å²) in [7, 11) is 1.83. The Morgan fingerprint density at radius 2 is 2.05 bits per heavy atom. The van der Waals surface area contributed by atoms with Crippen LogP contribution in [0.1, 0.15) is 22.9 Å². The molecular formula is C15H18ClN3O2. The summed E-state index contributed by atoms with van der Waals surface area (Å²) in [6.45, 7) is 3.10. The van der Waals surface area contributed by atoms with Crippen molar-refractivity contribution in [3.05, 3.63) is 40.2 Å². The fraction of sp³-hybridized carbons (Fsp3) is 0.400. The zero-order valence-corrected chi connectivity index (χ0v) is 12.9.